The van der Waals surface area contributed by atoms with Gasteiger partial charge in [0.05, 0.1) is 0 Å². The first-order valence-electron chi connectivity index (χ1n) is 6.11. The number of hydrogen-bond donors (Lipinski definition) is 2. The van der Waals surface area contributed by atoms with Crippen LogP contribution in [0.1, 0.15) is 46.9 Å². The summed E-state index contributed by atoms with van der Waals surface area (Å²) in [5.74, 6) is -1.09. The standard InChI is InChI=1S/C14H17NO4/c1-10(16)11-5-7-12(8-6-11)14(19)15-9-3-2-4-13(17)18/h5-8H,2-4,9H2,1H3,(H,15,19)(H,17,18). The lowest BCUT2D eigenvalue weighted by Gasteiger charge is -2.05. The molecule has 0 aliphatic rings. The molecule has 1 rings (SSSR count). The number of carboxylic acid groups (broad SMARTS) is 1. The lowest BCUT2D eigenvalue weighted by Crippen LogP contribution is -2.24. The Kier molecular flexibility index (Phi) is 5.73. The Balaban J connectivity index is 2.37. The summed E-state index contributed by atoms with van der Waals surface area (Å²) in [7, 11) is 0. The number of benzene rings is 1. The lowest BCUT2D eigenvalue weighted by molar-refractivity contribution is -0.137. The van der Waals surface area contributed by atoms with Gasteiger partial charge in [-0.2, -0.15) is 0 Å². The van der Waals surface area contributed by atoms with Crippen LogP contribution in [0.5, 0.6) is 0 Å². The van der Waals surface area contributed by atoms with E-state index >= 15 is 0 Å². The van der Waals surface area contributed by atoms with Crippen LogP contribution in [-0.4, -0.2) is 29.3 Å². The zero-order chi connectivity index (χ0) is 14.3. The smallest absolute Gasteiger partial charge is 0.303 e. The Morgan fingerprint density at radius 1 is 1.05 bits per heavy atom. The van der Waals surface area contributed by atoms with Crippen molar-refractivity contribution in [3.63, 3.8) is 0 Å². The van der Waals surface area contributed by atoms with Gasteiger partial charge in [-0.05, 0) is 31.9 Å². The Morgan fingerprint density at radius 3 is 2.16 bits per heavy atom. The van der Waals surface area contributed by atoms with E-state index in [9.17, 15) is 14.4 Å². The number of carbonyl (C=O) groups excluding carboxylic acids is 2. The molecular weight excluding hydrogens is 246 g/mol. The second kappa shape index (κ2) is 7.31. The van der Waals surface area contributed by atoms with E-state index in [4.69, 9.17) is 5.11 Å². The Morgan fingerprint density at radius 2 is 1.63 bits per heavy atom. The number of Topliss-reactive ketones (excluding diaryl/α,β-unsaturated/α-hetero) is 1. The Bertz CT molecular complexity index is 465. The van der Waals surface area contributed by atoms with Crippen LogP contribution in [-0.2, 0) is 4.79 Å². The zero-order valence-electron chi connectivity index (χ0n) is 10.8. The first-order valence-corrected chi connectivity index (χ1v) is 6.11. The van der Waals surface area contributed by atoms with E-state index in [-0.39, 0.29) is 18.1 Å². The van der Waals surface area contributed by atoms with Gasteiger partial charge in [-0.15, -0.1) is 0 Å². The molecule has 0 aliphatic heterocycles. The fraction of sp³-hybridized carbons (Fsp3) is 0.357. The predicted molar refractivity (Wildman–Crippen MR) is 70.3 cm³/mol. The molecule has 0 bridgehead atoms. The Hall–Kier alpha value is -2.17. The van der Waals surface area contributed by atoms with E-state index in [1.807, 2.05) is 0 Å². The van der Waals surface area contributed by atoms with E-state index in [0.29, 0.717) is 30.5 Å². The summed E-state index contributed by atoms with van der Waals surface area (Å²) in [4.78, 5) is 33.1. The number of carbonyl (C=O) groups is 3. The highest BCUT2D eigenvalue weighted by atomic mass is 16.4. The van der Waals surface area contributed by atoms with E-state index in [1.165, 1.54) is 6.92 Å². The number of carboxylic acids is 1. The molecule has 1 aromatic carbocycles. The highest BCUT2D eigenvalue weighted by Crippen LogP contribution is 2.05. The molecule has 0 aliphatic carbocycles. The van der Waals surface area contributed by atoms with Crippen LogP contribution in [0.15, 0.2) is 24.3 Å². The van der Waals surface area contributed by atoms with Crippen molar-refractivity contribution in [2.24, 2.45) is 0 Å². The van der Waals surface area contributed by atoms with Crippen molar-refractivity contribution >= 4 is 17.7 Å². The topological polar surface area (TPSA) is 83.5 Å². The van der Waals surface area contributed by atoms with Crippen molar-refractivity contribution in [1.29, 1.82) is 0 Å². The first kappa shape index (κ1) is 14.9. The third-order valence-electron chi connectivity index (χ3n) is 2.66. The second-order valence-electron chi connectivity index (χ2n) is 4.24. The second-order valence-corrected chi connectivity index (χ2v) is 4.24. The highest BCUT2D eigenvalue weighted by Gasteiger charge is 2.06. The quantitative estimate of drug-likeness (QED) is 0.581. The predicted octanol–water partition coefficient (Wildman–Crippen LogP) is 1.87. The normalized spacial score (nSPS) is 9.95. The van der Waals surface area contributed by atoms with Crippen LogP contribution < -0.4 is 5.32 Å². The molecule has 1 aromatic rings. The molecule has 0 unspecified atom stereocenters. The maximum atomic E-state index is 11.7. The molecule has 102 valence electrons. The van der Waals surface area contributed by atoms with Gasteiger partial charge in [0.25, 0.3) is 5.91 Å². The van der Waals surface area contributed by atoms with E-state index in [2.05, 4.69) is 5.32 Å². The molecule has 19 heavy (non-hydrogen) atoms. The van der Waals surface area contributed by atoms with Crippen molar-refractivity contribution in [2.45, 2.75) is 26.2 Å². The van der Waals surface area contributed by atoms with Gasteiger partial charge in [0.2, 0.25) is 0 Å². The summed E-state index contributed by atoms with van der Waals surface area (Å²) in [6.07, 6.45) is 1.28. The van der Waals surface area contributed by atoms with Crippen LogP contribution in [0.25, 0.3) is 0 Å². The molecular formula is C14H17NO4. The van der Waals surface area contributed by atoms with Crippen LogP contribution >= 0.6 is 0 Å². The van der Waals surface area contributed by atoms with Crippen molar-refractivity contribution < 1.29 is 19.5 Å². The molecule has 0 saturated carbocycles. The summed E-state index contributed by atoms with van der Waals surface area (Å²) >= 11 is 0. The largest absolute Gasteiger partial charge is 0.481 e. The van der Waals surface area contributed by atoms with E-state index < -0.39 is 5.97 Å². The molecule has 0 radical (unpaired) electrons. The van der Waals surface area contributed by atoms with Gasteiger partial charge in [0, 0.05) is 24.1 Å². The molecule has 0 atom stereocenters. The fourth-order valence-corrected chi connectivity index (χ4v) is 1.56. The third kappa shape index (κ3) is 5.33. The first-order chi connectivity index (χ1) is 9.00. The number of aliphatic carboxylic acids is 1. The van der Waals surface area contributed by atoms with Crippen LogP contribution in [0.3, 0.4) is 0 Å². The minimum atomic E-state index is -0.828. The maximum absolute atomic E-state index is 11.7. The zero-order valence-corrected chi connectivity index (χ0v) is 10.8. The lowest BCUT2D eigenvalue weighted by atomic mass is 10.1. The number of nitrogens with one attached hydrogen (secondary N) is 1. The summed E-state index contributed by atoms with van der Waals surface area (Å²) in [6.45, 7) is 1.91. The number of hydrogen-bond acceptors (Lipinski definition) is 3. The summed E-state index contributed by atoms with van der Waals surface area (Å²) in [6, 6.07) is 6.43. The van der Waals surface area contributed by atoms with Gasteiger partial charge in [0.1, 0.15) is 0 Å². The molecule has 0 fully saturated rings. The highest BCUT2D eigenvalue weighted by molar-refractivity contribution is 5.97. The summed E-state index contributed by atoms with van der Waals surface area (Å²) < 4.78 is 0. The van der Waals surface area contributed by atoms with Crippen molar-refractivity contribution in [2.75, 3.05) is 6.54 Å². The number of ketones is 1. The van der Waals surface area contributed by atoms with Gasteiger partial charge in [-0.25, -0.2) is 0 Å². The monoisotopic (exact) mass is 263 g/mol. The van der Waals surface area contributed by atoms with Gasteiger partial charge >= 0.3 is 5.97 Å². The molecule has 0 spiro atoms. The average Bonchev–Trinajstić information content (AvgIpc) is 2.37. The van der Waals surface area contributed by atoms with Gasteiger partial charge in [0.15, 0.2) is 5.78 Å². The van der Waals surface area contributed by atoms with Gasteiger partial charge < -0.3 is 10.4 Å². The minimum Gasteiger partial charge on any atom is -0.481 e. The van der Waals surface area contributed by atoms with Crippen molar-refractivity contribution in [3.05, 3.63) is 35.4 Å². The number of unbranched alkanes of at least 4 members (excludes halogenated alkanes) is 1. The molecule has 5 heteroatoms. The molecule has 0 heterocycles. The molecule has 2 N–H and O–H groups in total. The van der Waals surface area contributed by atoms with Crippen LogP contribution in [0.4, 0.5) is 0 Å². The molecule has 0 saturated heterocycles. The minimum absolute atomic E-state index is 0.0411. The van der Waals surface area contributed by atoms with Crippen LogP contribution in [0.2, 0.25) is 0 Å². The van der Waals surface area contributed by atoms with Gasteiger partial charge in [-0.3, -0.25) is 14.4 Å². The summed E-state index contributed by atoms with van der Waals surface area (Å²) in [5.41, 5.74) is 1.06. The molecule has 1 amide bonds. The maximum Gasteiger partial charge on any atom is 0.303 e. The van der Waals surface area contributed by atoms with Crippen LogP contribution in [0, 0.1) is 0 Å². The number of amides is 1. The molecule has 5 nitrogen and oxygen atoms in total. The molecule has 0 aromatic heterocycles. The van der Waals surface area contributed by atoms with E-state index in [1.54, 1.807) is 24.3 Å². The SMILES string of the molecule is CC(=O)c1ccc(C(=O)NCCCCC(=O)O)cc1. The fourth-order valence-electron chi connectivity index (χ4n) is 1.56. The van der Waals surface area contributed by atoms with Crippen molar-refractivity contribution in [3.8, 4) is 0 Å². The Labute approximate surface area is 111 Å². The van der Waals surface area contributed by atoms with Crippen molar-refractivity contribution in [1.82, 2.24) is 5.32 Å². The summed E-state index contributed by atoms with van der Waals surface area (Å²) in [5, 5.41) is 11.2. The number of rotatable bonds is 7. The average molecular weight is 263 g/mol. The third-order valence-corrected chi connectivity index (χ3v) is 2.66. The van der Waals surface area contributed by atoms with E-state index in [0.717, 1.165) is 0 Å². The van der Waals surface area contributed by atoms with Gasteiger partial charge in [-0.1, -0.05) is 12.1 Å².